The van der Waals surface area contributed by atoms with E-state index in [-0.39, 0.29) is 31.0 Å². The van der Waals surface area contributed by atoms with Gasteiger partial charge >= 0.3 is 5.97 Å². The summed E-state index contributed by atoms with van der Waals surface area (Å²) in [5.41, 5.74) is 3.78. The summed E-state index contributed by atoms with van der Waals surface area (Å²) in [6, 6.07) is 21.8. The lowest BCUT2D eigenvalue weighted by Crippen LogP contribution is -2.41. The fourth-order valence-electron chi connectivity index (χ4n) is 5.09. The van der Waals surface area contributed by atoms with Crippen LogP contribution in [-0.4, -0.2) is 36.5 Å². The molecule has 1 aliphatic carbocycles. The number of benzene rings is 3. The average molecular weight is 474 g/mol. The Morgan fingerprint density at radius 3 is 2.57 bits per heavy atom. The van der Waals surface area contributed by atoms with Crippen molar-refractivity contribution >= 4 is 11.9 Å². The quantitative estimate of drug-likeness (QED) is 0.451. The zero-order valence-corrected chi connectivity index (χ0v) is 19.7. The third kappa shape index (κ3) is 4.78. The van der Waals surface area contributed by atoms with Gasteiger partial charge in [-0.15, -0.1) is 0 Å². The minimum atomic E-state index is -0.502. The number of carbonyl (C=O) groups excluding carboxylic acids is 2. The van der Waals surface area contributed by atoms with Crippen LogP contribution in [0.1, 0.15) is 47.6 Å². The van der Waals surface area contributed by atoms with Crippen molar-refractivity contribution in [3.8, 4) is 5.75 Å². The number of fused-ring (bicyclic) bond motifs is 1. The number of nitrogens with zero attached hydrogens (tertiary/aromatic N) is 1. The fourth-order valence-corrected chi connectivity index (χ4v) is 5.09. The normalized spacial score (nSPS) is 20.6. The molecule has 1 aliphatic heterocycles. The van der Waals surface area contributed by atoms with Crippen molar-refractivity contribution in [1.29, 1.82) is 0 Å². The molecule has 0 bridgehead atoms. The van der Waals surface area contributed by atoms with E-state index in [1.54, 1.807) is 6.92 Å². The maximum Gasteiger partial charge on any atom is 0.344 e. The fraction of sp³-hybridized carbons (Fsp3) is 0.310. The van der Waals surface area contributed by atoms with Gasteiger partial charge < -0.3 is 14.4 Å². The number of amides is 1. The summed E-state index contributed by atoms with van der Waals surface area (Å²) in [6.45, 7) is 2.23. The van der Waals surface area contributed by atoms with Crippen LogP contribution in [0.2, 0.25) is 0 Å². The van der Waals surface area contributed by atoms with Crippen LogP contribution in [0, 0.1) is 11.7 Å². The minimum absolute atomic E-state index is 0.0685. The number of hydrogen-bond donors (Lipinski definition) is 0. The highest BCUT2D eigenvalue weighted by atomic mass is 19.1. The van der Waals surface area contributed by atoms with Crippen LogP contribution in [0.15, 0.2) is 72.8 Å². The number of esters is 1. The van der Waals surface area contributed by atoms with E-state index in [9.17, 15) is 14.0 Å². The molecule has 35 heavy (non-hydrogen) atoms. The number of carbonyl (C=O) groups is 2. The summed E-state index contributed by atoms with van der Waals surface area (Å²) in [5.74, 6) is -0.375. The third-order valence-corrected chi connectivity index (χ3v) is 6.82. The molecule has 180 valence electrons. The first kappa shape index (κ1) is 23.1. The first-order valence-corrected chi connectivity index (χ1v) is 12.1. The SMILES string of the molecule is CCOC(=O)COc1ccc(F)cc1[C@@H]1c2ccccc2CCN1C(=O)C1CC1c1ccccc1. The molecule has 3 aromatic carbocycles. The molecule has 3 atom stereocenters. The van der Waals surface area contributed by atoms with Crippen molar-refractivity contribution in [1.82, 2.24) is 4.90 Å². The van der Waals surface area contributed by atoms with Crippen molar-refractivity contribution in [3.63, 3.8) is 0 Å². The monoisotopic (exact) mass is 473 g/mol. The molecule has 0 aromatic heterocycles. The molecular weight excluding hydrogens is 445 g/mol. The first-order valence-electron chi connectivity index (χ1n) is 12.1. The van der Waals surface area contributed by atoms with Gasteiger partial charge in [-0.1, -0.05) is 54.6 Å². The number of halogens is 1. The van der Waals surface area contributed by atoms with Gasteiger partial charge in [-0.05, 0) is 60.6 Å². The topological polar surface area (TPSA) is 55.8 Å². The predicted octanol–water partition coefficient (Wildman–Crippen LogP) is 5.05. The van der Waals surface area contributed by atoms with E-state index in [1.165, 1.54) is 23.8 Å². The molecule has 1 saturated carbocycles. The van der Waals surface area contributed by atoms with Crippen LogP contribution in [0.3, 0.4) is 0 Å². The van der Waals surface area contributed by atoms with E-state index in [2.05, 4.69) is 12.1 Å². The van der Waals surface area contributed by atoms with Crippen LogP contribution in [0.25, 0.3) is 0 Å². The third-order valence-electron chi connectivity index (χ3n) is 6.82. The Morgan fingerprint density at radius 1 is 1.00 bits per heavy atom. The molecule has 5 nitrogen and oxygen atoms in total. The lowest BCUT2D eigenvalue weighted by molar-refractivity contribution is -0.145. The number of hydrogen-bond acceptors (Lipinski definition) is 4. The number of rotatable bonds is 7. The van der Waals surface area contributed by atoms with E-state index in [1.807, 2.05) is 47.4 Å². The van der Waals surface area contributed by atoms with Gasteiger partial charge in [0.25, 0.3) is 0 Å². The van der Waals surface area contributed by atoms with Gasteiger partial charge in [-0.25, -0.2) is 9.18 Å². The summed E-state index contributed by atoms with van der Waals surface area (Å²) in [5, 5.41) is 0. The van der Waals surface area contributed by atoms with Gasteiger partial charge in [-0.3, -0.25) is 4.79 Å². The first-order chi connectivity index (χ1) is 17.1. The Labute approximate surface area is 204 Å². The maximum atomic E-state index is 14.5. The van der Waals surface area contributed by atoms with Gasteiger partial charge in [0.1, 0.15) is 11.6 Å². The maximum absolute atomic E-state index is 14.5. The van der Waals surface area contributed by atoms with Crippen molar-refractivity contribution in [2.75, 3.05) is 19.8 Å². The second kappa shape index (κ2) is 9.90. The molecular formula is C29H28FNO4. The van der Waals surface area contributed by atoms with Gasteiger partial charge in [0.2, 0.25) is 5.91 Å². The molecule has 0 spiro atoms. The summed E-state index contributed by atoms with van der Waals surface area (Å²) < 4.78 is 25.3. The summed E-state index contributed by atoms with van der Waals surface area (Å²) in [4.78, 5) is 27.6. The van der Waals surface area contributed by atoms with Gasteiger partial charge in [0.05, 0.1) is 12.6 Å². The lowest BCUT2D eigenvalue weighted by Gasteiger charge is -2.38. The van der Waals surface area contributed by atoms with E-state index >= 15 is 0 Å². The summed E-state index contributed by atoms with van der Waals surface area (Å²) in [6.07, 6.45) is 1.54. The molecule has 0 saturated heterocycles. The summed E-state index contributed by atoms with van der Waals surface area (Å²) in [7, 11) is 0. The Morgan fingerprint density at radius 2 is 1.77 bits per heavy atom. The minimum Gasteiger partial charge on any atom is -0.482 e. The van der Waals surface area contributed by atoms with Gasteiger partial charge in [0, 0.05) is 18.0 Å². The van der Waals surface area contributed by atoms with Gasteiger partial charge in [0.15, 0.2) is 6.61 Å². The molecule has 2 aliphatic rings. The van der Waals surface area contributed by atoms with Crippen molar-refractivity contribution in [2.45, 2.75) is 31.7 Å². The van der Waals surface area contributed by atoms with Gasteiger partial charge in [-0.2, -0.15) is 0 Å². The molecule has 6 heteroatoms. The average Bonchev–Trinajstić information content (AvgIpc) is 3.69. The highest BCUT2D eigenvalue weighted by Crippen LogP contribution is 2.50. The van der Waals surface area contributed by atoms with Crippen LogP contribution in [0.4, 0.5) is 4.39 Å². The molecule has 0 radical (unpaired) electrons. The number of ether oxygens (including phenoxy) is 2. The smallest absolute Gasteiger partial charge is 0.344 e. The van der Waals surface area contributed by atoms with Crippen molar-refractivity contribution < 1.29 is 23.5 Å². The highest BCUT2D eigenvalue weighted by Gasteiger charge is 2.48. The Bertz CT molecular complexity index is 1230. The Kier molecular flexibility index (Phi) is 6.53. The van der Waals surface area contributed by atoms with E-state index in [0.29, 0.717) is 17.9 Å². The Hall–Kier alpha value is -3.67. The van der Waals surface area contributed by atoms with E-state index in [0.717, 1.165) is 24.0 Å². The molecule has 5 rings (SSSR count). The zero-order valence-electron chi connectivity index (χ0n) is 19.7. The standard InChI is InChI=1S/C29H28FNO4/c1-2-34-27(32)18-35-26-13-12-21(30)16-25(26)28-22-11-7-6-10-20(22)14-15-31(28)29(33)24-17-23(24)19-8-4-3-5-9-19/h3-13,16,23-24,28H,2,14-15,17-18H2,1H3/t23?,24?,28-/m0/s1. The zero-order chi connectivity index (χ0) is 24.4. The molecule has 0 N–H and O–H groups in total. The molecule has 1 fully saturated rings. The van der Waals surface area contributed by atoms with E-state index in [4.69, 9.17) is 9.47 Å². The van der Waals surface area contributed by atoms with Crippen LogP contribution < -0.4 is 4.74 Å². The summed E-state index contributed by atoms with van der Waals surface area (Å²) >= 11 is 0. The van der Waals surface area contributed by atoms with E-state index < -0.39 is 17.8 Å². The van der Waals surface area contributed by atoms with Crippen molar-refractivity contribution in [3.05, 3.63) is 101 Å². The second-order valence-electron chi connectivity index (χ2n) is 9.02. The van der Waals surface area contributed by atoms with Crippen LogP contribution in [0.5, 0.6) is 5.75 Å². The predicted molar refractivity (Wildman–Crippen MR) is 130 cm³/mol. The second-order valence-corrected chi connectivity index (χ2v) is 9.02. The largest absolute Gasteiger partial charge is 0.482 e. The Balaban J connectivity index is 1.49. The molecule has 3 aromatic rings. The highest BCUT2D eigenvalue weighted by molar-refractivity contribution is 5.84. The van der Waals surface area contributed by atoms with Crippen LogP contribution >= 0.6 is 0 Å². The van der Waals surface area contributed by atoms with Crippen LogP contribution in [-0.2, 0) is 20.7 Å². The van der Waals surface area contributed by atoms with Crippen molar-refractivity contribution in [2.24, 2.45) is 5.92 Å². The molecule has 1 heterocycles. The molecule has 2 unspecified atom stereocenters. The lowest BCUT2D eigenvalue weighted by atomic mass is 9.87. The molecule has 1 amide bonds.